The monoisotopic (exact) mass is 215 g/mol. The molecule has 0 spiro atoms. The molecular weight excluding hydrogens is 202 g/mol. The molecule has 82 valence electrons. The third kappa shape index (κ3) is 2.20. The van der Waals surface area contributed by atoms with Gasteiger partial charge in [-0.15, -0.1) is 0 Å². The number of phenols is 1. The van der Waals surface area contributed by atoms with Gasteiger partial charge in [0.1, 0.15) is 11.9 Å². The summed E-state index contributed by atoms with van der Waals surface area (Å²) in [5, 5.41) is 9.43. The standard InChI is InChI=1S/C13H13NO2/c1-16-13(12-7-2-3-8-14-12)10-5-4-6-11(15)9-10/h2-9,13,15H,1H3. The molecule has 16 heavy (non-hydrogen) atoms. The minimum atomic E-state index is -0.242. The van der Waals surface area contributed by atoms with Crippen LogP contribution in [-0.2, 0) is 4.74 Å². The number of rotatable bonds is 3. The lowest BCUT2D eigenvalue weighted by Crippen LogP contribution is -2.05. The average molecular weight is 215 g/mol. The first-order valence-electron chi connectivity index (χ1n) is 5.04. The summed E-state index contributed by atoms with van der Waals surface area (Å²) in [6.45, 7) is 0. The lowest BCUT2D eigenvalue weighted by molar-refractivity contribution is 0.132. The van der Waals surface area contributed by atoms with Crippen LogP contribution in [0.2, 0.25) is 0 Å². The van der Waals surface area contributed by atoms with E-state index >= 15 is 0 Å². The lowest BCUT2D eigenvalue weighted by Gasteiger charge is -2.15. The van der Waals surface area contributed by atoms with Gasteiger partial charge in [0, 0.05) is 13.3 Å². The zero-order chi connectivity index (χ0) is 11.4. The molecule has 1 atom stereocenters. The van der Waals surface area contributed by atoms with Crippen LogP contribution < -0.4 is 0 Å². The molecule has 0 bridgehead atoms. The van der Waals surface area contributed by atoms with Gasteiger partial charge in [-0.3, -0.25) is 4.98 Å². The molecule has 0 fully saturated rings. The maximum absolute atomic E-state index is 9.43. The highest BCUT2D eigenvalue weighted by molar-refractivity contribution is 5.32. The Hall–Kier alpha value is -1.87. The van der Waals surface area contributed by atoms with Crippen molar-refractivity contribution in [1.29, 1.82) is 0 Å². The fraction of sp³-hybridized carbons (Fsp3) is 0.154. The highest BCUT2D eigenvalue weighted by Gasteiger charge is 2.14. The Labute approximate surface area is 94.3 Å². The molecule has 3 nitrogen and oxygen atoms in total. The molecule has 0 saturated heterocycles. The van der Waals surface area contributed by atoms with E-state index in [2.05, 4.69) is 4.98 Å². The largest absolute Gasteiger partial charge is 0.508 e. The van der Waals surface area contributed by atoms with Gasteiger partial charge in [0.2, 0.25) is 0 Å². The second-order valence-corrected chi connectivity index (χ2v) is 3.47. The number of aromatic nitrogens is 1. The smallest absolute Gasteiger partial charge is 0.124 e. The Kier molecular flexibility index (Phi) is 3.17. The fourth-order valence-electron chi connectivity index (χ4n) is 1.65. The molecule has 0 radical (unpaired) electrons. The van der Waals surface area contributed by atoms with Crippen molar-refractivity contribution in [1.82, 2.24) is 4.98 Å². The van der Waals surface area contributed by atoms with Crippen molar-refractivity contribution in [3.63, 3.8) is 0 Å². The van der Waals surface area contributed by atoms with Crippen LogP contribution in [0.25, 0.3) is 0 Å². The van der Waals surface area contributed by atoms with Crippen LogP contribution in [0.15, 0.2) is 48.7 Å². The van der Waals surface area contributed by atoms with Gasteiger partial charge in [-0.05, 0) is 29.8 Å². The Morgan fingerprint density at radius 1 is 1.19 bits per heavy atom. The third-order valence-corrected chi connectivity index (χ3v) is 2.37. The van der Waals surface area contributed by atoms with Crippen LogP contribution in [0.4, 0.5) is 0 Å². The van der Waals surface area contributed by atoms with Gasteiger partial charge in [0.05, 0.1) is 5.69 Å². The normalized spacial score (nSPS) is 12.3. The molecule has 2 rings (SSSR count). The summed E-state index contributed by atoms with van der Waals surface area (Å²) in [5.41, 5.74) is 1.72. The molecule has 1 aromatic carbocycles. The maximum atomic E-state index is 9.43. The quantitative estimate of drug-likeness (QED) is 0.855. The molecule has 0 aliphatic rings. The first-order valence-corrected chi connectivity index (χ1v) is 5.04. The third-order valence-electron chi connectivity index (χ3n) is 2.37. The van der Waals surface area contributed by atoms with Crippen molar-refractivity contribution >= 4 is 0 Å². The minimum absolute atomic E-state index is 0.232. The van der Waals surface area contributed by atoms with Crippen LogP contribution in [0.1, 0.15) is 17.4 Å². The molecule has 3 heteroatoms. The van der Waals surface area contributed by atoms with Crippen molar-refractivity contribution in [2.45, 2.75) is 6.10 Å². The summed E-state index contributed by atoms with van der Waals surface area (Å²) in [6.07, 6.45) is 1.48. The number of hydrogen-bond acceptors (Lipinski definition) is 3. The van der Waals surface area contributed by atoms with Crippen molar-refractivity contribution in [3.05, 3.63) is 59.9 Å². The van der Waals surface area contributed by atoms with Crippen molar-refractivity contribution in [3.8, 4) is 5.75 Å². The first-order chi connectivity index (χ1) is 7.81. The van der Waals surface area contributed by atoms with E-state index in [9.17, 15) is 5.11 Å². The topological polar surface area (TPSA) is 42.4 Å². The Morgan fingerprint density at radius 2 is 2.06 bits per heavy atom. The molecule has 1 heterocycles. The molecular formula is C13H13NO2. The van der Waals surface area contributed by atoms with Gasteiger partial charge in [-0.2, -0.15) is 0 Å². The number of pyridine rings is 1. The van der Waals surface area contributed by atoms with Crippen molar-refractivity contribution in [2.24, 2.45) is 0 Å². The van der Waals surface area contributed by atoms with E-state index in [1.54, 1.807) is 31.5 Å². The molecule has 0 amide bonds. The highest BCUT2D eigenvalue weighted by Crippen LogP contribution is 2.25. The molecule has 0 saturated carbocycles. The van der Waals surface area contributed by atoms with Crippen molar-refractivity contribution < 1.29 is 9.84 Å². The van der Waals surface area contributed by atoms with E-state index in [1.807, 2.05) is 24.3 Å². The van der Waals surface area contributed by atoms with Crippen LogP contribution in [-0.4, -0.2) is 17.2 Å². The van der Waals surface area contributed by atoms with E-state index in [-0.39, 0.29) is 11.9 Å². The van der Waals surface area contributed by atoms with Crippen LogP contribution >= 0.6 is 0 Å². The van der Waals surface area contributed by atoms with E-state index in [0.717, 1.165) is 11.3 Å². The van der Waals surface area contributed by atoms with E-state index in [4.69, 9.17) is 4.74 Å². The number of benzene rings is 1. The van der Waals surface area contributed by atoms with Crippen LogP contribution in [0.3, 0.4) is 0 Å². The fourth-order valence-corrected chi connectivity index (χ4v) is 1.65. The molecule has 1 N–H and O–H groups in total. The zero-order valence-corrected chi connectivity index (χ0v) is 9.00. The van der Waals surface area contributed by atoms with Gasteiger partial charge in [-0.25, -0.2) is 0 Å². The van der Waals surface area contributed by atoms with Crippen LogP contribution in [0.5, 0.6) is 5.75 Å². The second-order valence-electron chi connectivity index (χ2n) is 3.47. The lowest BCUT2D eigenvalue weighted by atomic mass is 10.1. The Bertz CT molecular complexity index is 456. The SMILES string of the molecule is COC(c1cccc(O)c1)c1ccccn1. The summed E-state index contributed by atoms with van der Waals surface area (Å²) in [7, 11) is 1.63. The summed E-state index contributed by atoms with van der Waals surface area (Å²) in [4.78, 5) is 4.25. The Morgan fingerprint density at radius 3 is 2.69 bits per heavy atom. The molecule has 1 unspecified atom stereocenters. The molecule has 1 aromatic heterocycles. The molecule has 2 aromatic rings. The van der Waals surface area contributed by atoms with Gasteiger partial charge in [-0.1, -0.05) is 18.2 Å². The predicted octanol–water partition coefficient (Wildman–Crippen LogP) is 2.52. The number of hydrogen-bond donors (Lipinski definition) is 1. The summed E-state index contributed by atoms with van der Waals surface area (Å²) < 4.78 is 5.40. The number of methoxy groups -OCH3 is 1. The second kappa shape index (κ2) is 4.77. The van der Waals surface area contributed by atoms with Gasteiger partial charge in [0.15, 0.2) is 0 Å². The van der Waals surface area contributed by atoms with Crippen molar-refractivity contribution in [2.75, 3.05) is 7.11 Å². The molecule has 0 aliphatic carbocycles. The average Bonchev–Trinajstić information content (AvgIpc) is 2.31. The van der Waals surface area contributed by atoms with Gasteiger partial charge in [0.25, 0.3) is 0 Å². The number of phenolic OH excluding ortho intramolecular Hbond substituents is 1. The number of aromatic hydroxyl groups is 1. The first kappa shape index (κ1) is 10.6. The number of ether oxygens (including phenoxy) is 1. The van der Waals surface area contributed by atoms with E-state index in [0.29, 0.717) is 0 Å². The summed E-state index contributed by atoms with van der Waals surface area (Å²) in [6, 6.07) is 12.7. The summed E-state index contributed by atoms with van der Waals surface area (Å²) >= 11 is 0. The van der Waals surface area contributed by atoms with E-state index < -0.39 is 0 Å². The van der Waals surface area contributed by atoms with Crippen LogP contribution in [0, 0.1) is 0 Å². The van der Waals surface area contributed by atoms with Gasteiger partial charge >= 0.3 is 0 Å². The zero-order valence-electron chi connectivity index (χ0n) is 9.00. The maximum Gasteiger partial charge on any atom is 0.124 e. The van der Waals surface area contributed by atoms with Gasteiger partial charge < -0.3 is 9.84 Å². The van der Waals surface area contributed by atoms with E-state index in [1.165, 1.54) is 0 Å². The minimum Gasteiger partial charge on any atom is -0.508 e. The highest BCUT2D eigenvalue weighted by atomic mass is 16.5. The number of nitrogens with zero attached hydrogens (tertiary/aromatic N) is 1. The predicted molar refractivity (Wildman–Crippen MR) is 61.2 cm³/mol. The summed E-state index contributed by atoms with van der Waals surface area (Å²) in [5.74, 6) is 0.232. The molecule has 0 aliphatic heterocycles. The Balaban J connectivity index is 2.37.